The number of benzene rings is 1. The summed E-state index contributed by atoms with van der Waals surface area (Å²) in [6.45, 7) is 4.35. The molecule has 1 aromatic carbocycles. The van der Waals surface area contributed by atoms with E-state index in [1.807, 2.05) is 6.92 Å². The van der Waals surface area contributed by atoms with E-state index in [9.17, 15) is 13.6 Å². The Bertz CT molecular complexity index is 566. The summed E-state index contributed by atoms with van der Waals surface area (Å²) in [6.07, 6.45) is 7.82. The average Bonchev–Trinajstić information content (AvgIpc) is 2.63. The summed E-state index contributed by atoms with van der Waals surface area (Å²) in [5, 5.41) is 0. The van der Waals surface area contributed by atoms with Gasteiger partial charge in [0.1, 0.15) is 0 Å². The molecule has 0 aromatic heterocycles. The highest BCUT2D eigenvalue weighted by atomic mass is 19.2. The van der Waals surface area contributed by atoms with Gasteiger partial charge in [0, 0.05) is 0 Å². The topological polar surface area (TPSA) is 35.5 Å². The largest absolute Gasteiger partial charge is 0.490 e. The number of halogens is 2. The number of hydrogen-bond acceptors (Lipinski definition) is 3. The maximum Gasteiger partial charge on any atom is 0.314 e. The van der Waals surface area contributed by atoms with Crippen molar-refractivity contribution in [1.29, 1.82) is 0 Å². The molecule has 0 radical (unpaired) electrons. The van der Waals surface area contributed by atoms with E-state index in [4.69, 9.17) is 9.47 Å². The molecular formula is C20H28F2O3. The van der Waals surface area contributed by atoms with Crippen molar-refractivity contribution in [3.8, 4) is 11.5 Å². The van der Waals surface area contributed by atoms with Gasteiger partial charge in [0.2, 0.25) is 11.6 Å². The van der Waals surface area contributed by atoms with Crippen LogP contribution in [0, 0.1) is 23.5 Å². The molecule has 0 bridgehead atoms. The van der Waals surface area contributed by atoms with Gasteiger partial charge in [0.05, 0.1) is 12.5 Å². The number of unbranched alkanes of at least 4 members (excludes halogenated alkanes) is 1. The van der Waals surface area contributed by atoms with Crippen LogP contribution in [0.15, 0.2) is 12.1 Å². The summed E-state index contributed by atoms with van der Waals surface area (Å²) >= 11 is 0. The van der Waals surface area contributed by atoms with Crippen LogP contribution in [-0.4, -0.2) is 12.6 Å². The van der Waals surface area contributed by atoms with Crippen molar-refractivity contribution in [3.63, 3.8) is 0 Å². The second kappa shape index (κ2) is 9.73. The zero-order valence-electron chi connectivity index (χ0n) is 15.2. The molecule has 1 fully saturated rings. The number of rotatable bonds is 8. The van der Waals surface area contributed by atoms with Crippen molar-refractivity contribution < 1.29 is 23.0 Å². The van der Waals surface area contributed by atoms with Crippen molar-refractivity contribution in [1.82, 2.24) is 0 Å². The Morgan fingerprint density at radius 1 is 1.04 bits per heavy atom. The van der Waals surface area contributed by atoms with Crippen LogP contribution < -0.4 is 9.47 Å². The molecule has 0 heterocycles. The normalized spacial score (nSPS) is 20.3. The van der Waals surface area contributed by atoms with Crippen molar-refractivity contribution in [2.24, 2.45) is 11.8 Å². The van der Waals surface area contributed by atoms with E-state index in [-0.39, 0.29) is 17.4 Å². The maximum atomic E-state index is 14.1. The molecular weight excluding hydrogens is 326 g/mol. The van der Waals surface area contributed by atoms with E-state index in [0.29, 0.717) is 18.9 Å². The monoisotopic (exact) mass is 354 g/mol. The Morgan fingerprint density at radius 2 is 1.68 bits per heavy atom. The number of carbonyl (C=O) groups excluding carboxylic acids is 1. The van der Waals surface area contributed by atoms with E-state index >= 15 is 0 Å². The highest BCUT2D eigenvalue weighted by Gasteiger charge is 2.28. The van der Waals surface area contributed by atoms with Crippen LogP contribution in [0.5, 0.6) is 11.5 Å². The lowest BCUT2D eigenvalue weighted by atomic mass is 9.80. The fourth-order valence-electron chi connectivity index (χ4n) is 3.29. The van der Waals surface area contributed by atoms with E-state index in [1.165, 1.54) is 31.4 Å². The molecule has 1 aliphatic carbocycles. The van der Waals surface area contributed by atoms with Crippen LogP contribution >= 0.6 is 0 Å². The van der Waals surface area contributed by atoms with Crippen LogP contribution in [0.25, 0.3) is 0 Å². The highest BCUT2D eigenvalue weighted by Crippen LogP contribution is 2.34. The molecule has 5 heteroatoms. The van der Waals surface area contributed by atoms with E-state index < -0.39 is 17.6 Å². The molecule has 0 aliphatic heterocycles. The summed E-state index contributed by atoms with van der Waals surface area (Å²) in [5.74, 6) is -2.81. The Morgan fingerprint density at radius 3 is 2.32 bits per heavy atom. The van der Waals surface area contributed by atoms with Gasteiger partial charge in [-0.1, -0.05) is 33.1 Å². The van der Waals surface area contributed by atoms with E-state index in [1.54, 1.807) is 0 Å². The first-order chi connectivity index (χ1) is 12.1. The number of hydrogen-bond donors (Lipinski definition) is 0. The molecule has 3 nitrogen and oxygen atoms in total. The fourth-order valence-corrected chi connectivity index (χ4v) is 3.29. The third kappa shape index (κ3) is 5.41. The Hall–Kier alpha value is -1.65. The molecule has 0 unspecified atom stereocenters. The van der Waals surface area contributed by atoms with Crippen LogP contribution in [-0.2, 0) is 4.79 Å². The Labute approximate surface area is 148 Å². The highest BCUT2D eigenvalue weighted by molar-refractivity contribution is 5.75. The minimum atomic E-state index is -1.17. The summed E-state index contributed by atoms with van der Waals surface area (Å²) in [7, 11) is 0. The van der Waals surface area contributed by atoms with Crippen LogP contribution in [0.3, 0.4) is 0 Å². The van der Waals surface area contributed by atoms with E-state index in [0.717, 1.165) is 25.7 Å². The molecule has 1 aliphatic rings. The molecule has 2 rings (SSSR count). The number of ether oxygens (including phenoxy) is 2. The van der Waals surface area contributed by atoms with Gasteiger partial charge in [-0.15, -0.1) is 0 Å². The third-order valence-electron chi connectivity index (χ3n) is 4.83. The smallest absolute Gasteiger partial charge is 0.314 e. The standard InChI is InChI=1S/C20H28F2O3/c1-3-5-6-14-7-9-15(10-8-14)20(23)25-17-12-11-16(24-13-4-2)18(21)19(17)22/h11-12,14-15H,3-10,13H2,1-2H3. The predicted molar refractivity (Wildman–Crippen MR) is 92.8 cm³/mol. The zero-order valence-corrected chi connectivity index (χ0v) is 15.2. The van der Waals surface area contributed by atoms with Gasteiger partial charge < -0.3 is 9.47 Å². The van der Waals surface area contributed by atoms with Gasteiger partial charge in [-0.05, 0) is 50.2 Å². The number of esters is 1. The molecule has 0 saturated heterocycles. The van der Waals surface area contributed by atoms with Crippen molar-refractivity contribution >= 4 is 5.97 Å². The minimum absolute atomic E-state index is 0.157. The van der Waals surface area contributed by atoms with Crippen molar-refractivity contribution in [2.75, 3.05) is 6.61 Å². The van der Waals surface area contributed by atoms with Gasteiger partial charge in [0.15, 0.2) is 11.5 Å². The molecule has 1 aromatic rings. The second-order valence-corrected chi connectivity index (χ2v) is 6.82. The van der Waals surface area contributed by atoms with Crippen molar-refractivity contribution in [2.45, 2.75) is 65.2 Å². The first-order valence-corrected chi connectivity index (χ1v) is 9.39. The van der Waals surface area contributed by atoms with E-state index in [2.05, 4.69) is 6.92 Å². The molecule has 140 valence electrons. The first kappa shape index (κ1) is 19.7. The van der Waals surface area contributed by atoms with Crippen LogP contribution in [0.2, 0.25) is 0 Å². The summed E-state index contributed by atoms with van der Waals surface area (Å²) in [5.41, 5.74) is 0. The zero-order chi connectivity index (χ0) is 18.2. The lowest BCUT2D eigenvalue weighted by Crippen LogP contribution is -2.26. The average molecular weight is 354 g/mol. The molecule has 0 spiro atoms. The lowest BCUT2D eigenvalue weighted by Gasteiger charge is -2.27. The predicted octanol–water partition coefficient (Wildman–Crippen LogP) is 5.66. The summed E-state index contributed by atoms with van der Waals surface area (Å²) in [4.78, 5) is 12.3. The SMILES string of the molecule is CCCCC1CCC(C(=O)Oc2ccc(OCCC)c(F)c2F)CC1. The van der Waals surface area contributed by atoms with Gasteiger partial charge >= 0.3 is 5.97 Å². The van der Waals surface area contributed by atoms with Gasteiger partial charge in [0.25, 0.3) is 0 Å². The van der Waals surface area contributed by atoms with Crippen LogP contribution in [0.4, 0.5) is 8.78 Å². The molecule has 0 amide bonds. The Kier molecular flexibility index (Phi) is 7.66. The Balaban J connectivity index is 1.91. The van der Waals surface area contributed by atoms with Crippen molar-refractivity contribution in [3.05, 3.63) is 23.8 Å². The molecule has 1 saturated carbocycles. The number of carbonyl (C=O) groups is 1. The molecule has 0 N–H and O–H groups in total. The van der Waals surface area contributed by atoms with Gasteiger partial charge in [-0.2, -0.15) is 8.78 Å². The summed E-state index contributed by atoms with van der Waals surface area (Å²) in [6, 6.07) is 2.56. The summed E-state index contributed by atoms with van der Waals surface area (Å²) < 4.78 is 38.3. The third-order valence-corrected chi connectivity index (χ3v) is 4.83. The lowest BCUT2D eigenvalue weighted by molar-refractivity contribution is -0.140. The second-order valence-electron chi connectivity index (χ2n) is 6.82. The quantitative estimate of drug-likeness (QED) is 0.447. The minimum Gasteiger partial charge on any atom is -0.490 e. The van der Waals surface area contributed by atoms with Gasteiger partial charge in [-0.25, -0.2) is 0 Å². The molecule has 0 atom stereocenters. The van der Waals surface area contributed by atoms with Gasteiger partial charge in [-0.3, -0.25) is 4.79 Å². The fraction of sp³-hybridized carbons (Fsp3) is 0.650. The van der Waals surface area contributed by atoms with Crippen LogP contribution in [0.1, 0.15) is 65.2 Å². The first-order valence-electron chi connectivity index (χ1n) is 9.39. The molecule has 25 heavy (non-hydrogen) atoms. The maximum absolute atomic E-state index is 14.1.